The average Bonchev–Trinajstić information content (AvgIpc) is 2.90. The monoisotopic (exact) mass is 508 g/mol. The van der Waals surface area contributed by atoms with Gasteiger partial charge in [-0.05, 0) is 48.7 Å². The number of carbonyl (C=O) groups is 3. The first-order valence-corrected chi connectivity index (χ1v) is 11.7. The zero-order chi connectivity index (χ0) is 26.7. The second-order valence-corrected chi connectivity index (χ2v) is 8.71. The van der Waals surface area contributed by atoms with E-state index in [0.29, 0.717) is 11.3 Å². The van der Waals surface area contributed by atoms with Crippen LogP contribution in [0.3, 0.4) is 0 Å². The molecular formula is C26H26F2N6O3. The number of benzene rings is 1. The molecule has 1 aliphatic heterocycles. The van der Waals surface area contributed by atoms with E-state index in [4.69, 9.17) is 5.73 Å². The maximum atomic E-state index is 14.4. The fourth-order valence-corrected chi connectivity index (χ4v) is 4.43. The van der Waals surface area contributed by atoms with Crippen molar-refractivity contribution in [1.82, 2.24) is 20.2 Å². The number of nitrogen functional groups attached to an aromatic ring is 1. The molecule has 0 aliphatic carbocycles. The van der Waals surface area contributed by atoms with Crippen LogP contribution >= 0.6 is 0 Å². The lowest BCUT2D eigenvalue weighted by Crippen LogP contribution is -2.70. The van der Waals surface area contributed by atoms with Gasteiger partial charge in [-0.15, -0.1) is 0 Å². The number of carbonyl (C=O) groups excluding carboxylic acids is 3. The molecule has 0 saturated carbocycles. The number of imide groups is 1. The molecule has 0 spiro atoms. The molecule has 3 N–H and O–H groups in total. The SMILES string of the molecule is CC[C@@H](NC(=O)N1C(=O)C(Cc2ccnc(N)c2)[C@H]1C(=O)N(C)c1ccncc1)c1cccc(F)c1F. The summed E-state index contributed by atoms with van der Waals surface area (Å²) in [7, 11) is 1.54. The second-order valence-electron chi connectivity index (χ2n) is 8.71. The number of aromatic nitrogens is 2. The number of anilines is 2. The molecule has 9 nitrogen and oxygen atoms in total. The molecule has 3 heterocycles. The molecule has 1 aliphatic rings. The molecule has 11 heteroatoms. The van der Waals surface area contributed by atoms with E-state index < -0.39 is 47.5 Å². The van der Waals surface area contributed by atoms with Crippen molar-refractivity contribution in [3.63, 3.8) is 0 Å². The third kappa shape index (κ3) is 5.11. The summed E-state index contributed by atoms with van der Waals surface area (Å²) in [6.45, 7) is 1.68. The largest absolute Gasteiger partial charge is 0.384 e. The van der Waals surface area contributed by atoms with E-state index >= 15 is 0 Å². The zero-order valence-electron chi connectivity index (χ0n) is 20.3. The van der Waals surface area contributed by atoms with Gasteiger partial charge in [-0.3, -0.25) is 19.5 Å². The third-order valence-electron chi connectivity index (χ3n) is 6.43. The number of rotatable bonds is 7. The number of hydrogen-bond donors (Lipinski definition) is 2. The average molecular weight is 509 g/mol. The number of urea groups is 1. The highest BCUT2D eigenvalue weighted by Crippen LogP contribution is 2.33. The van der Waals surface area contributed by atoms with E-state index in [9.17, 15) is 23.2 Å². The summed E-state index contributed by atoms with van der Waals surface area (Å²) < 4.78 is 28.2. The van der Waals surface area contributed by atoms with Gasteiger partial charge < -0.3 is 16.0 Å². The fourth-order valence-electron chi connectivity index (χ4n) is 4.43. The number of nitrogens with zero attached hydrogens (tertiary/aromatic N) is 4. The molecule has 1 fully saturated rings. The van der Waals surface area contributed by atoms with E-state index in [1.54, 1.807) is 31.2 Å². The number of β-lactam (4-membered cyclic amide) rings is 1. The highest BCUT2D eigenvalue weighted by atomic mass is 19.2. The minimum Gasteiger partial charge on any atom is -0.384 e. The summed E-state index contributed by atoms with van der Waals surface area (Å²) in [4.78, 5) is 50.1. The van der Waals surface area contributed by atoms with Gasteiger partial charge in [-0.1, -0.05) is 19.1 Å². The van der Waals surface area contributed by atoms with E-state index in [2.05, 4.69) is 15.3 Å². The first-order chi connectivity index (χ1) is 17.7. The molecule has 2 aromatic heterocycles. The van der Waals surface area contributed by atoms with Crippen LogP contribution in [0.1, 0.15) is 30.5 Å². The van der Waals surface area contributed by atoms with Crippen molar-refractivity contribution in [3.8, 4) is 0 Å². The van der Waals surface area contributed by atoms with Crippen LogP contribution in [-0.4, -0.2) is 45.8 Å². The van der Waals surface area contributed by atoms with Crippen molar-refractivity contribution in [3.05, 3.63) is 83.8 Å². The number of nitrogens with one attached hydrogen (secondary N) is 1. The van der Waals surface area contributed by atoms with Gasteiger partial charge in [0.05, 0.1) is 12.0 Å². The Kier molecular flexibility index (Phi) is 7.42. The van der Waals surface area contributed by atoms with Gasteiger partial charge in [0.2, 0.25) is 5.91 Å². The molecule has 1 aromatic carbocycles. The molecule has 192 valence electrons. The summed E-state index contributed by atoms with van der Waals surface area (Å²) in [5.74, 6) is -3.76. The summed E-state index contributed by atoms with van der Waals surface area (Å²) in [5.41, 5.74) is 6.92. The Bertz CT molecular complexity index is 1320. The third-order valence-corrected chi connectivity index (χ3v) is 6.43. The molecule has 4 rings (SSSR count). The molecule has 4 amide bonds. The lowest BCUT2D eigenvalue weighted by molar-refractivity contribution is -0.156. The molecule has 3 atom stereocenters. The van der Waals surface area contributed by atoms with Gasteiger partial charge in [-0.2, -0.15) is 0 Å². The number of amides is 4. The predicted molar refractivity (Wildman–Crippen MR) is 132 cm³/mol. The second kappa shape index (κ2) is 10.7. The molecule has 3 aromatic rings. The zero-order valence-corrected chi connectivity index (χ0v) is 20.3. The van der Waals surface area contributed by atoms with Crippen LogP contribution in [0, 0.1) is 17.6 Å². The smallest absolute Gasteiger partial charge is 0.325 e. The quantitative estimate of drug-likeness (QED) is 0.473. The van der Waals surface area contributed by atoms with Crippen molar-refractivity contribution >= 4 is 29.4 Å². The summed E-state index contributed by atoms with van der Waals surface area (Å²) in [6.07, 6.45) is 4.92. The maximum Gasteiger partial charge on any atom is 0.325 e. The molecule has 0 radical (unpaired) electrons. The lowest BCUT2D eigenvalue weighted by Gasteiger charge is -2.46. The van der Waals surface area contributed by atoms with Gasteiger partial charge >= 0.3 is 6.03 Å². The van der Waals surface area contributed by atoms with E-state index in [0.717, 1.165) is 11.0 Å². The minimum absolute atomic E-state index is 0.0515. The van der Waals surface area contributed by atoms with Crippen LogP contribution in [0.15, 0.2) is 61.1 Å². The molecule has 37 heavy (non-hydrogen) atoms. The van der Waals surface area contributed by atoms with E-state index in [1.807, 2.05) is 0 Å². The molecule has 1 saturated heterocycles. The number of likely N-dealkylation sites (N-methyl/N-ethyl adjacent to an activating group) is 1. The van der Waals surface area contributed by atoms with Gasteiger partial charge in [0.15, 0.2) is 11.6 Å². The highest BCUT2D eigenvalue weighted by Gasteiger charge is 2.55. The summed E-state index contributed by atoms with van der Waals surface area (Å²) >= 11 is 0. The summed E-state index contributed by atoms with van der Waals surface area (Å²) in [6, 6.07) is 7.30. The standard InChI is InChI=1S/C26H26F2N6O3/c1-3-20(17-5-4-6-19(27)22(17)28)32-26(37)34-23(25(36)33(2)16-8-10-30-11-9-16)18(24(34)35)13-15-7-12-31-21(29)14-15/h4-12,14,18,20,23H,3,13H2,1-2H3,(H2,29,31)(H,32,37)/t18?,20-,23+/m1/s1. The molecular weight excluding hydrogens is 482 g/mol. The number of pyridine rings is 2. The van der Waals surface area contributed by atoms with Gasteiger partial charge in [0.1, 0.15) is 11.9 Å². The van der Waals surface area contributed by atoms with Crippen LogP contribution in [0.2, 0.25) is 0 Å². The Morgan fingerprint density at radius 2 is 1.89 bits per heavy atom. The van der Waals surface area contributed by atoms with Crippen molar-refractivity contribution < 1.29 is 23.2 Å². The van der Waals surface area contributed by atoms with Crippen LogP contribution in [0.5, 0.6) is 0 Å². The topological polar surface area (TPSA) is 122 Å². The van der Waals surface area contributed by atoms with E-state index in [1.165, 1.54) is 42.7 Å². The molecule has 1 unspecified atom stereocenters. The van der Waals surface area contributed by atoms with Crippen molar-refractivity contribution in [2.45, 2.75) is 31.8 Å². The Balaban J connectivity index is 1.61. The normalized spacial score (nSPS) is 17.6. The first-order valence-electron chi connectivity index (χ1n) is 11.7. The molecule has 0 bridgehead atoms. The Morgan fingerprint density at radius 3 is 2.57 bits per heavy atom. The number of likely N-dealkylation sites (tertiary alicyclic amines) is 1. The van der Waals surface area contributed by atoms with Crippen molar-refractivity contribution in [2.24, 2.45) is 5.92 Å². The predicted octanol–water partition coefficient (Wildman–Crippen LogP) is 3.23. The van der Waals surface area contributed by atoms with Crippen LogP contribution in [-0.2, 0) is 16.0 Å². The number of hydrogen-bond acceptors (Lipinski definition) is 6. The fraction of sp³-hybridized carbons (Fsp3) is 0.269. The number of nitrogens with two attached hydrogens (primary N) is 1. The summed E-state index contributed by atoms with van der Waals surface area (Å²) in [5, 5.41) is 2.59. The van der Waals surface area contributed by atoms with Crippen LogP contribution in [0.4, 0.5) is 25.1 Å². The first kappa shape index (κ1) is 25.7. The lowest BCUT2D eigenvalue weighted by atomic mass is 9.81. The van der Waals surface area contributed by atoms with Gasteiger partial charge in [0.25, 0.3) is 5.91 Å². The Hall–Kier alpha value is -4.41. The Morgan fingerprint density at radius 1 is 1.16 bits per heavy atom. The highest BCUT2D eigenvalue weighted by molar-refractivity contribution is 6.12. The number of halogens is 2. The Labute approximate surface area is 212 Å². The minimum atomic E-state index is -1.13. The van der Waals surface area contributed by atoms with Crippen LogP contribution < -0.4 is 16.0 Å². The van der Waals surface area contributed by atoms with Gasteiger partial charge in [-0.25, -0.2) is 18.6 Å². The van der Waals surface area contributed by atoms with Gasteiger partial charge in [0, 0.05) is 36.9 Å². The van der Waals surface area contributed by atoms with Crippen molar-refractivity contribution in [1.29, 1.82) is 0 Å². The van der Waals surface area contributed by atoms with Crippen LogP contribution in [0.25, 0.3) is 0 Å². The van der Waals surface area contributed by atoms with E-state index in [-0.39, 0.29) is 24.2 Å². The maximum absolute atomic E-state index is 14.4. The van der Waals surface area contributed by atoms with Crippen molar-refractivity contribution in [2.75, 3.05) is 17.7 Å².